The molecule has 0 amide bonds. The smallest absolute Gasteiger partial charge is 0.293 e. The topological polar surface area (TPSA) is 72.2 Å². The molecule has 20 heavy (non-hydrogen) atoms. The summed E-state index contributed by atoms with van der Waals surface area (Å²) >= 11 is 0. The summed E-state index contributed by atoms with van der Waals surface area (Å²) in [6.45, 7) is 0.802. The standard InChI is InChI=1S/C15H18N2O3/c18-9-10-1-6-14(15(7-10)17(19)20)16-8-13(11-2-3-11)12-4-5-12/h1,6-7,9,11-13,16H,2-5,8H2. The first-order chi connectivity index (χ1) is 9.69. The predicted octanol–water partition coefficient (Wildman–Crippen LogP) is 3.26. The third kappa shape index (κ3) is 2.81. The molecule has 2 saturated carbocycles. The summed E-state index contributed by atoms with van der Waals surface area (Å²) in [6.07, 6.45) is 5.84. The Bertz CT molecular complexity index is 524. The lowest BCUT2D eigenvalue weighted by molar-refractivity contribution is -0.384. The molecule has 0 saturated heterocycles. The SMILES string of the molecule is O=Cc1ccc(NCC(C2CC2)C2CC2)c([N+](=O)[O-])c1. The number of hydrogen-bond donors (Lipinski definition) is 1. The minimum absolute atomic E-state index is 0.0139. The summed E-state index contributed by atoms with van der Waals surface area (Å²) in [5, 5.41) is 14.3. The van der Waals surface area contributed by atoms with Crippen LogP contribution in [-0.4, -0.2) is 17.8 Å². The molecule has 0 radical (unpaired) electrons. The molecular weight excluding hydrogens is 256 g/mol. The molecule has 1 aromatic rings. The van der Waals surface area contributed by atoms with E-state index in [-0.39, 0.29) is 5.69 Å². The number of aldehydes is 1. The Hall–Kier alpha value is -1.91. The van der Waals surface area contributed by atoms with Crippen molar-refractivity contribution in [3.8, 4) is 0 Å². The van der Waals surface area contributed by atoms with E-state index in [9.17, 15) is 14.9 Å². The molecule has 2 fully saturated rings. The van der Waals surface area contributed by atoms with E-state index in [1.807, 2.05) is 0 Å². The third-order valence-electron chi connectivity index (χ3n) is 4.34. The molecule has 2 aliphatic carbocycles. The normalized spacial score (nSPS) is 18.1. The number of nitrogens with zero attached hydrogens (tertiary/aromatic N) is 1. The van der Waals surface area contributed by atoms with Crippen LogP contribution < -0.4 is 5.32 Å². The quantitative estimate of drug-likeness (QED) is 0.470. The molecule has 0 spiro atoms. The van der Waals surface area contributed by atoms with Crippen LogP contribution in [0.4, 0.5) is 11.4 Å². The molecule has 1 N–H and O–H groups in total. The molecule has 0 heterocycles. The average Bonchev–Trinajstić information content (AvgIpc) is 3.32. The lowest BCUT2D eigenvalue weighted by Crippen LogP contribution is -2.18. The van der Waals surface area contributed by atoms with E-state index in [0.717, 1.165) is 18.4 Å². The van der Waals surface area contributed by atoms with Gasteiger partial charge in [0, 0.05) is 18.2 Å². The van der Waals surface area contributed by atoms with Gasteiger partial charge in [0.1, 0.15) is 12.0 Å². The lowest BCUT2D eigenvalue weighted by atomic mass is 9.98. The van der Waals surface area contributed by atoms with Crippen molar-refractivity contribution < 1.29 is 9.72 Å². The van der Waals surface area contributed by atoms with Gasteiger partial charge >= 0.3 is 0 Å². The van der Waals surface area contributed by atoms with Gasteiger partial charge in [0.15, 0.2) is 0 Å². The molecule has 5 nitrogen and oxygen atoms in total. The second kappa shape index (κ2) is 5.23. The Kier molecular flexibility index (Phi) is 3.42. The van der Waals surface area contributed by atoms with Crippen molar-refractivity contribution in [2.75, 3.05) is 11.9 Å². The van der Waals surface area contributed by atoms with E-state index in [2.05, 4.69) is 5.32 Å². The second-order valence-electron chi connectivity index (χ2n) is 5.87. The molecule has 5 heteroatoms. The monoisotopic (exact) mass is 274 g/mol. The number of hydrogen-bond acceptors (Lipinski definition) is 4. The highest BCUT2D eigenvalue weighted by Gasteiger charge is 2.41. The van der Waals surface area contributed by atoms with Crippen LogP contribution in [0.1, 0.15) is 36.0 Å². The van der Waals surface area contributed by atoms with E-state index in [4.69, 9.17) is 0 Å². The summed E-state index contributed by atoms with van der Waals surface area (Å²) in [5.41, 5.74) is 0.843. The number of nitrogens with one attached hydrogen (secondary N) is 1. The van der Waals surface area contributed by atoms with Gasteiger partial charge in [0.25, 0.3) is 5.69 Å². The number of nitro groups is 1. The van der Waals surface area contributed by atoms with Crippen molar-refractivity contribution in [3.63, 3.8) is 0 Å². The number of carbonyl (C=O) groups is 1. The number of rotatable bonds is 7. The maximum absolute atomic E-state index is 11.1. The van der Waals surface area contributed by atoms with Gasteiger partial charge in [-0.25, -0.2) is 0 Å². The van der Waals surface area contributed by atoms with Crippen LogP contribution in [-0.2, 0) is 0 Å². The Balaban J connectivity index is 1.72. The molecular formula is C15H18N2O3. The number of anilines is 1. The maximum atomic E-state index is 11.1. The fourth-order valence-electron chi connectivity index (χ4n) is 2.92. The number of nitro benzene ring substituents is 1. The van der Waals surface area contributed by atoms with Crippen LogP contribution >= 0.6 is 0 Å². The summed E-state index contributed by atoms with van der Waals surface area (Å²) < 4.78 is 0. The Morgan fingerprint density at radius 1 is 1.30 bits per heavy atom. The molecule has 1 aromatic carbocycles. The van der Waals surface area contributed by atoms with E-state index >= 15 is 0 Å². The zero-order valence-electron chi connectivity index (χ0n) is 11.2. The number of benzene rings is 1. The third-order valence-corrected chi connectivity index (χ3v) is 4.34. The fraction of sp³-hybridized carbons (Fsp3) is 0.533. The Labute approximate surface area is 117 Å². The van der Waals surface area contributed by atoms with Crippen LogP contribution in [0.15, 0.2) is 18.2 Å². The van der Waals surface area contributed by atoms with Crippen molar-refractivity contribution in [1.29, 1.82) is 0 Å². The maximum Gasteiger partial charge on any atom is 0.293 e. The number of carbonyl (C=O) groups excluding carboxylic acids is 1. The first kappa shape index (κ1) is 13.1. The molecule has 0 bridgehead atoms. The van der Waals surface area contributed by atoms with Crippen molar-refractivity contribution in [2.45, 2.75) is 25.7 Å². The average molecular weight is 274 g/mol. The van der Waals surface area contributed by atoms with E-state index in [1.54, 1.807) is 12.1 Å². The highest BCUT2D eigenvalue weighted by molar-refractivity contribution is 5.79. The summed E-state index contributed by atoms with van der Waals surface area (Å²) in [7, 11) is 0. The van der Waals surface area contributed by atoms with Crippen molar-refractivity contribution >= 4 is 17.7 Å². The Morgan fingerprint density at radius 2 is 1.95 bits per heavy atom. The lowest BCUT2D eigenvalue weighted by Gasteiger charge is -2.17. The van der Waals surface area contributed by atoms with Crippen molar-refractivity contribution in [1.82, 2.24) is 0 Å². The minimum atomic E-state index is -0.432. The zero-order valence-corrected chi connectivity index (χ0v) is 11.2. The molecule has 106 valence electrons. The first-order valence-electron chi connectivity index (χ1n) is 7.16. The molecule has 0 unspecified atom stereocenters. The van der Waals surface area contributed by atoms with E-state index in [1.165, 1.54) is 31.7 Å². The minimum Gasteiger partial charge on any atom is -0.379 e. The van der Waals surface area contributed by atoms with Crippen LogP contribution in [0.2, 0.25) is 0 Å². The zero-order chi connectivity index (χ0) is 14.1. The van der Waals surface area contributed by atoms with Crippen molar-refractivity contribution in [3.05, 3.63) is 33.9 Å². The second-order valence-corrected chi connectivity index (χ2v) is 5.87. The van der Waals surface area contributed by atoms with Gasteiger partial charge in [-0.1, -0.05) is 0 Å². The molecule has 0 atom stereocenters. The van der Waals surface area contributed by atoms with Gasteiger partial charge in [-0.2, -0.15) is 0 Å². The molecule has 0 aromatic heterocycles. The largest absolute Gasteiger partial charge is 0.379 e. The van der Waals surface area contributed by atoms with Gasteiger partial charge in [0.05, 0.1) is 4.92 Å². The molecule has 2 aliphatic rings. The highest BCUT2D eigenvalue weighted by atomic mass is 16.6. The summed E-state index contributed by atoms with van der Waals surface area (Å²) in [5.74, 6) is 2.27. The first-order valence-corrected chi connectivity index (χ1v) is 7.16. The van der Waals surface area contributed by atoms with E-state index in [0.29, 0.717) is 23.5 Å². The van der Waals surface area contributed by atoms with Crippen LogP contribution in [0.5, 0.6) is 0 Å². The van der Waals surface area contributed by atoms with Crippen LogP contribution in [0.3, 0.4) is 0 Å². The van der Waals surface area contributed by atoms with Crippen LogP contribution in [0.25, 0.3) is 0 Å². The van der Waals surface area contributed by atoms with E-state index < -0.39 is 4.92 Å². The molecule has 3 rings (SSSR count). The van der Waals surface area contributed by atoms with Gasteiger partial charge in [-0.15, -0.1) is 0 Å². The van der Waals surface area contributed by atoms with Gasteiger partial charge in [-0.05, 0) is 55.6 Å². The predicted molar refractivity (Wildman–Crippen MR) is 75.9 cm³/mol. The summed E-state index contributed by atoms with van der Waals surface area (Å²) in [6, 6.07) is 4.59. The fourth-order valence-corrected chi connectivity index (χ4v) is 2.92. The summed E-state index contributed by atoms with van der Waals surface area (Å²) in [4.78, 5) is 21.4. The van der Waals surface area contributed by atoms with Gasteiger partial charge in [-0.3, -0.25) is 14.9 Å². The Morgan fingerprint density at radius 3 is 2.45 bits per heavy atom. The van der Waals surface area contributed by atoms with Gasteiger partial charge in [0.2, 0.25) is 0 Å². The van der Waals surface area contributed by atoms with Crippen LogP contribution in [0, 0.1) is 27.9 Å². The van der Waals surface area contributed by atoms with Gasteiger partial charge < -0.3 is 5.32 Å². The van der Waals surface area contributed by atoms with Crippen molar-refractivity contribution in [2.24, 2.45) is 17.8 Å². The highest BCUT2D eigenvalue weighted by Crippen LogP contribution is 2.49. The molecule has 0 aliphatic heterocycles.